The number of rotatable bonds is 5. The molecule has 5 heteroatoms. The summed E-state index contributed by atoms with van der Waals surface area (Å²) in [5.74, 6) is 1.74. The summed E-state index contributed by atoms with van der Waals surface area (Å²) >= 11 is 3.44. The highest BCUT2D eigenvalue weighted by Gasteiger charge is 2.32. The first kappa shape index (κ1) is 14.7. The Morgan fingerprint density at radius 2 is 2.05 bits per heavy atom. The standard InChI is InChI=1S/C14H22BrN3O/c1-3-6-12-16-11(15)9-13(17-12)18(2)10-14(19)7-4-5-8-14/h9,19H,3-8,10H2,1-2H3. The van der Waals surface area contributed by atoms with Gasteiger partial charge in [0.25, 0.3) is 0 Å². The summed E-state index contributed by atoms with van der Waals surface area (Å²) in [6.07, 6.45) is 5.95. The molecule has 106 valence electrons. The van der Waals surface area contributed by atoms with Gasteiger partial charge < -0.3 is 10.0 Å². The monoisotopic (exact) mass is 327 g/mol. The van der Waals surface area contributed by atoms with Crippen LogP contribution in [0.1, 0.15) is 44.9 Å². The minimum atomic E-state index is -0.545. The average Bonchev–Trinajstić information content (AvgIpc) is 2.75. The van der Waals surface area contributed by atoms with E-state index in [9.17, 15) is 5.11 Å². The highest BCUT2D eigenvalue weighted by molar-refractivity contribution is 9.10. The summed E-state index contributed by atoms with van der Waals surface area (Å²) in [7, 11) is 1.99. The quantitative estimate of drug-likeness (QED) is 0.845. The number of nitrogens with zero attached hydrogens (tertiary/aromatic N) is 3. The van der Waals surface area contributed by atoms with Crippen molar-refractivity contribution in [2.75, 3.05) is 18.5 Å². The van der Waals surface area contributed by atoms with Gasteiger partial charge in [-0.25, -0.2) is 9.97 Å². The fourth-order valence-electron chi connectivity index (χ4n) is 2.70. The summed E-state index contributed by atoms with van der Waals surface area (Å²) in [6, 6.07) is 1.91. The van der Waals surface area contributed by atoms with Gasteiger partial charge in [-0.2, -0.15) is 0 Å². The highest BCUT2D eigenvalue weighted by Crippen LogP contribution is 2.31. The number of likely N-dealkylation sites (N-methyl/N-ethyl adjacent to an activating group) is 1. The summed E-state index contributed by atoms with van der Waals surface area (Å²) in [5.41, 5.74) is -0.545. The number of hydrogen-bond donors (Lipinski definition) is 1. The third-order valence-corrected chi connectivity index (χ3v) is 4.06. The maximum Gasteiger partial charge on any atom is 0.133 e. The van der Waals surface area contributed by atoms with Crippen molar-refractivity contribution in [2.45, 2.75) is 51.0 Å². The number of anilines is 1. The largest absolute Gasteiger partial charge is 0.388 e. The molecule has 1 N–H and O–H groups in total. The zero-order valence-corrected chi connectivity index (χ0v) is 13.3. The summed E-state index contributed by atoms with van der Waals surface area (Å²) < 4.78 is 0.811. The van der Waals surface area contributed by atoms with Gasteiger partial charge in [0.05, 0.1) is 5.60 Å². The van der Waals surface area contributed by atoms with E-state index in [1.807, 2.05) is 18.0 Å². The molecule has 1 fully saturated rings. The Labute approximate surface area is 123 Å². The van der Waals surface area contributed by atoms with Gasteiger partial charge in [0.2, 0.25) is 0 Å². The highest BCUT2D eigenvalue weighted by atomic mass is 79.9. The van der Waals surface area contributed by atoms with Crippen LogP contribution in [0, 0.1) is 0 Å². The summed E-state index contributed by atoms with van der Waals surface area (Å²) in [4.78, 5) is 11.0. The Morgan fingerprint density at radius 3 is 2.68 bits per heavy atom. The first-order chi connectivity index (χ1) is 9.02. The van der Waals surface area contributed by atoms with E-state index in [4.69, 9.17) is 0 Å². The van der Waals surface area contributed by atoms with Gasteiger partial charge in [0, 0.05) is 26.1 Å². The van der Waals surface area contributed by atoms with Crippen LogP contribution in [0.25, 0.3) is 0 Å². The number of aromatic nitrogens is 2. The normalized spacial score (nSPS) is 17.7. The molecular formula is C14H22BrN3O. The predicted octanol–water partition coefficient (Wildman–Crippen LogP) is 2.93. The fourth-order valence-corrected chi connectivity index (χ4v) is 3.11. The maximum absolute atomic E-state index is 10.5. The molecular weight excluding hydrogens is 306 g/mol. The Bertz CT molecular complexity index is 433. The molecule has 0 radical (unpaired) electrons. The molecule has 0 aliphatic heterocycles. The van der Waals surface area contributed by atoms with Gasteiger partial charge in [-0.15, -0.1) is 0 Å². The van der Waals surface area contributed by atoms with Crippen LogP contribution in [0.3, 0.4) is 0 Å². The Morgan fingerprint density at radius 1 is 1.37 bits per heavy atom. The lowest BCUT2D eigenvalue weighted by atomic mass is 10.0. The lowest BCUT2D eigenvalue weighted by Gasteiger charge is -2.29. The van der Waals surface area contributed by atoms with Gasteiger partial charge in [-0.05, 0) is 35.2 Å². The Balaban J connectivity index is 2.11. The molecule has 0 saturated heterocycles. The van der Waals surface area contributed by atoms with E-state index in [0.717, 1.165) is 54.8 Å². The zero-order valence-electron chi connectivity index (χ0n) is 11.7. The number of aliphatic hydroxyl groups is 1. The molecule has 1 saturated carbocycles. The summed E-state index contributed by atoms with van der Waals surface area (Å²) in [6.45, 7) is 2.76. The molecule has 0 bridgehead atoms. The van der Waals surface area contributed by atoms with Crippen molar-refractivity contribution in [1.29, 1.82) is 0 Å². The topological polar surface area (TPSA) is 49.2 Å². The van der Waals surface area contributed by atoms with Crippen LogP contribution in [-0.4, -0.2) is 34.3 Å². The van der Waals surface area contributed by atoms with Crippen LogP contribution >= 0.6 is 15.9 Å². The smallest absolute Gasteiger partial charge is 0.133 e. The molecule has 0 unspecified atom stereocenters. The van der Waals surface area contributed by atoms with Crippen LogP contribution in [0.2, 0.25) is 0 Å². The van der Waals surface area contributed by atoms with Gasteiger partial charge in [-0.3, -0.25) is 0 Å². The average molecular weight is 328 g/mol. The minimum absolute atomic E-state index is 0.545. The van der Waals surface area contributed by atoms with Crippen LogP contribution in [-0.2, 0) is 6.42 Å². The SMILES string of the molecule is CCCc1nc(Br)cc(N(C)CC2(O)CCCC2)n1. The van der Waals surface area contributed by atoms with Crippen LogP contribution in [0.15, 0.2) is 10.7 Å². The third kappa shape index (κ3) is 3.89. The van der Waals surface area contributed by atoms with Crippen molar-refractivity contribution in [3.8, 4) is 0 Å². The molecule has 0 amide bonds. The second-order valence-corrected chi connectivity index (χ2v) is 6.32. The van der Waals surface area contributed by atoms with Crippen molar-refractivity contribution in [3.63, 3.8) is 0 Å². The van der Waals surface area contributed by atoms with Crippen molar-refractivity contribution < 1.29 is 5.11 Å². The zero-order chi connectivity index (χ0) is 13.9. The van der Waals surface area contributed by atoms with Crippen molar-refractivity contribution >= 4 is 21.7 Å². The third-order valence-electron chi connectivity index (χ3n) is 3.66. The molecule has 1 heterocycles. The first-order valence-corrected chi connectivity index (χ1v) is 7.79. The minimum Gasteiger partial charge on any atom is -0.388 e. The van der Waals surface area contributed by atoms with Gasteiger partial charge in [-0.1, -0.05) is 19.8 Å². The van der Waals surface area contributed by atoms with Gasteiger partial charge in [0.1, 0.15) is 16.2 Å². The van der Waals surface area contributed by atoms with E-state index < -0.39 is 5.60 Å². The van der Waals surface area contributed by atoms with E-state index >= 15 is 0 Å². The van der Waals surface area contributed by atoms with Gasteiger partial charge in [0.15, 0.2) is 0 Å². The van der Waals surface area contributed by atoms with Crippen LogP contribution in [0.5, 0.6) is 0 Å². The molecule has 1 aromatic rings. The van der Waals surface area contributed by atoms with E-state index in [2.05, 4.69) is 32.8 Å². The Kier molecular flexibility index (Phi) is 4.79. The maximum atomic E-state index is 10.5. The van der Waals surface area contributed by atoms with Crippen molar-refractivity contribution in [1.82, 2.24) is 9.97 Å². The summed E-state index contributed by atoms with van der Waals surface area (Å²) in [5, 5.41) is 10.5. The van der Waals surface area contributed by atoms with Crippen LogP contribution < -0.4 is 4.90 Å². The van der Waals surface area contributed by atoms with Gasteiger partial charge >= 0.3 is 0 Å². The molecule has 0 aromatic carbocycles. The van der Waals surface area contributed by atoms with Crippen molar-refractivity contribution in [2.24, 2.45) is 0 Å². The number of halogens is 1. The molecule has 4 nitrogen and oxygen atoms in total. The second-order valence-electron chi connectivity index (χ2n) is 5.50. The molecule has 19 heavy (non-hydrogen) atoms. The number of aryl methyl sites for hydroxylation is 1. The molecule has 0 spiro atoms. The second kappa shape index (κ2) is 6.18. The lowest BCUT2D eigenvalue weighted by molar-refractivity contribution is 0.0558. The molecule has 0 atom stereocenters. The predicted molar refractivity (Wildman–Crippen MR) is 80.4 cm³/mol. The van der Waals surface area contributed by atoms with E-state index in [0.29, 0.717) is 6.54 Å². The number of hydrogen-bond acceptors (Lipinski definition) is 4. The van der Waals surface area contributed by atoms with E-state index in [1.165, 1.54) is 0 Å². The van der Waals surface area contributed by atoms with E-state index in [1.54, 1.807) is 0 Å². The lowest BCUT2D eigenvalue weighted by Crippen LogP contribution is -2.39. The molecule has 1 aliphatic carbocycles. The van der Waals surface area contributed by atoms with Crippen molar-refractivity contribution in [3.05, 3.63) is 16.5 Å². The molecule has 1 aliphatic rings. The molecule has 1 aromatic heterocycles. The Hall–Kier alpha value is -0.680. The molecule has 2 rings (SSSR count). The van der Waals surface area contributed by atoms with E-state index in [-0.39, 0.29) is 0 Å². The first-order valence-electron chi connectivity index (χ1n) is 6.99. The van der Waals surface area contributed by atoms with Crippen LogP contribution in [0.4, 0.5) is 5.82 Å². The fraction of sp³-hybridized carbons (Fsp3) is 0.714.